The van der Waals surface area contributed by atoms with Crippen LogP contribution in [-0.2, 0) is 16.0 Å². The van der Waals surface area contributed by atoms with Crippen LogP contribution in [0.3, 0.4) is 0 Å². The molecule has 2 heterocycles. The average molecular weight is 427 g/mol. The zero-order valence-electron chi connectivity index (χ0n) is 15.6. The van der Waals surface area contributed by atoms with Crippen molar-refractivity contribution >= 4 is 21.6 Å². The predicted octanol–water partition coefficient (Wildman–Crippen LogP) is 2.90. The monoisotopic (exact) mass is 427 g/mol. The molecular weight excluding hydrogens is 407 g/mol. The summed E-state index contributed by atoms with van der Waals surface area (Å²) in [7, 11) is -3.54. The van der Waals surface area contributed by atoms with Crippen molar-refractivity contribution in [2.75, 3.05) is 24.2 Å². The smallest absolute Gasteiger partial charge is 0.356 e. The number of hydrogen-bond donors (Lipinski definition) is 1. The number of nitrogens with zero attached hydrogens (tertiary/aromatic N) is 2. The van der Waals surface area contributed by atoms with Gasteiger partial charge in [0, 0.05) is 31.6 Å². The zero-order valence-corrected chi connectivity index (χ0v) is 16.4. The van der Waals surface area contributed by atoms with Gasteiger partial charge in [0.1, 0.15) is 5.82 Å². The van der Waals surface area contributed by atoms with Crippen molar-refractivity contribution in [2.45, 2.75) is 30.0 Å². The number of pyridine rings is 1. The van der Waals surface area contributed by atoms with Gasteiger partial charge in [-0.05, 0) is 37.1 Å². The van der Waals surface area contributed by atoms with E-state index in [4.69, 9.17) is 0 Å². The molecule has 1 saturated heterocycles. The van der Waals surface area contributed by atoms with Crippen LogP contribution >= 0.6 is 0 Å². The van der Waals surface area contributed by atoms with E-state index in [0.29, 0.717) is 31.7 Å². The van der Waals surface area contributed by atoms with Crippen molar-refractivity contribution in [2.24, 2.45) is 0 Å². The standard InChI is InChI=1S/C19H20F3N3O3S/c1-29(27,28)16-5-3-2-4-15(16)18(26)24-14-8-10-25(11-9-14)17-7-6-13(12-23-17)19(20,21)22/h2-7,12,14H,8-11H2,1H3,(H,24,26). The third kappa shape index (κ3) is 5.06. The summed E-state index contributed by atoms with van der Waals surface area (Å²) in [5, 5.41) is 2.85. The SMILES string of the molecule is CS(=O)(=O)c1ccccc1C(=O)NC1CCN(c2ccc(C(F)(F)F)cn2)CC1. The zero-order chi connectivity index (χ0) is 21.2. The Kier molecular flexibility index (Phi) is 5.83. The van der Waals surface area contributed by atoms with Gasteiger partial charge < -0.3 is 10.2 Å². The van der Waals surface area contributed by atoms with Crippen LogP contribution in [-0.4, -0.2) is 44.7 Å². The molecule has 1 aromatic carbocycles. The van der Waals surface area contributed by atoms with E-state index < -0.39 is 27.5 Å². The summed E-state index contributed by atoms with van der Waals surface area (Å²) in [5.74, 6) is -0.0117. The van der Waals surface area contributed by atoms with Gasteiger partial charge in [0.05, 0.1) is 16.0 Å². The van der Waals surface area contributed by atoms with Crippen LogP contribution in [0.15, 0.2) is 47.5 Å². The molecule has 10 heteroatoms. The minimum Gasteiger partial charge on any atom is -0.356 e. The second kappa shape index (κ2) is 8.02. The average Bonchev–Trinajstić information content (AvgIpc) is 2.67. The first-order valence-corrected chi connectivity index (χ1v) is 10.8. The molecular formula is C19H20F3N3O3S. The molecule has 0 aliphatic carbocycles. The number of halogens is 3. The van der Waals surface area contributed by atoms with Gasteiger partial charge in [-0.3, -0.25) is 4.79 Å². The lowest BCUT2D eigenvalue weighted by Crippen LogP contribution is -2.45. The number of aromatic nitrogens is 1. The van der Waals surface area contributed by atoms with Crippen molar-refractivity contribution in [3.8, 4) is 0 Å². The quantitative estimate of drug-likeness (QED) is 0.812. The number of piperidine rings is 1. The Morgan fingerprint density at radius 3 is 2.34 bits per heavy atom. The van der Waals surface area contributed by atoms with Crippen LogP contribution in [0.1, 0.15) is 28.8 Å². The number of amides is 1. The maximum atomic E-state index is 12.6. The molecule has 0 atom stereocenters. The van der Waals surface area contributed by atoms with E-state index in [0.717, 1.165) is 18.5 Å². The highest BCUT2D eigenvalue weighted by Crippen LogP contribution is 2.29. The van der Waals surface area contributed by atoms with Gasteiger partial charge in [-0.2, -0.15) is 13.2 Å². The number of nitrogens with one attached hydrogen (secondary N) is 1. The molecule has 1 amide bonds. The van der Waals surface area contributed by atoms with E-state index in [9.17, 15) is 26.4 Å². The Balaban J connectivity index is 1.61. The molecule has 0 bridgehead atoms. The maximum absolute atomic E-state index is 12.6. The van der Waals surface area contributed by atoms with Crippen molar-refractivity contribution in [3.63, 3.8) is 0 Å². The third-order valence-corrected chi connectivity index (χ3v) is 5.92. The van der Waals surface area contributed by atoms with Crippen LogP contribution in [0, 0.1) is 0 Å². The van der Waals surface area contributed by atoms with E-state index in [2.05, 4.69) is 10.3 Å². The Labute approximate surface area is 166 Å². The highest BCUT2D eigenvalue weighted by Gasteiger charge is 2.31. The number of alkyl halides is 3. The fraction of sp³-hybridized carbons (Fsp3) is 0.368. The molecule has 0 unspecified atom stereocenters. The van der Waals surface area contributed by atoms with Gasteiger partial charge in [0.2, 0.25) is 0 Å². The Bertz CT molecular complexity index is 984. The van der Waals surface area contributed by atoms with E-state index >= 15 is 0 Å². The van der Waals surface area contributed by atoms with Crippen molar-refractivity contribution in [1.29, 1.82) is 0 Å². The Morgan fingerprint density at radius 2 is 1.79 bits per heavy atom. The molecule has 0 radical (unpaired) electrons. The lowest BCUT2D eigenvalue weighted by Gasteiger charge is -2.33. The molecule has 156 valence electrons. The summed E-state index contributed by atoms with van der Waals surface area (Å²) < 4.78 is 61.7. The van der Waals surface area contributed by atoms with Crippen LogP contribution in [0.25, 0.3) is 0 Å². The second-order valence-electron chi connectivity index (χ2n) is 6.91. The Hall–Kier alpha value is -2.62. The van der Waals surface area contributed by atoms with E-state index in [-0.39, 0.29) is 16.5 Å². The largest absolute Gasteiger partial charge is 0.417 e. The summed E-state index contributed by atoms with van der Waals surface area (Å²) in [6.45, 7) is 1.02. The maximum Gasteiger partial charge on any atom is 0.417 e. The van der Waals surface area contributed by atoms with Crippen molar-refractivity contribution in [3.05, 3.63) is 53.7 Å². The van der Waals surface area contributed by atoms with Gasteiger partial charge >= 0.3 is 6.18 Å². The normalized spacial score (nSPS) is 15.9. The molecule has 29 heavy (non-hydrogen) atoms. The highest BCUT2D eigenvalue weighted by molar-refractivity contribution is 7.90. The minimum atomic E-state index is -4.43. The number of carbonyl (C=O) groups is 1. The summed E-state index contributed by atoms with van der Waals surface area (Å²) in [6.07, 6.45) is -1.43. The highest BCUT2D eigenvalue weighted by atomic mass is 32.2. The number of rotatable bonds is 4. The molecule has 1 fully saturated rings. The molecule has 1 aliphatic rings. The molecule has 6 nitrogen and oxygen atoms in total. The fourth-order valence-electron chi connectivity index (χ4n) is 3.23. The van der Waals surface area contributed by atoms with Crippen LogP contribution in [0.5, 0.6) is 0 Å². The summed E-state index contributed by atoms with van der Waals surface area (Å²) >= 11 is 0. The van der Waals surface area contributed by atoms with Crippen LogP contribution < -0.4 is 10.2 Å². The minimum absolute atomic E-state index is 0.0242. The van der Waals surface area contributed by atoms with Crippen LogP contribution in [0.2, 0.25) is 0 Å². The number of hydrogen-bond acceptors (Lipinski definition) is 5. The lowest BCUT2D eigenvalue weighted by atomic mass is 10.0. The van der Waals surface area contributed by atoms with E-state index in [1.807, 2.05) is 4.90 Å². The molecule has 1 aliphatic heterocycles. The van der Waals surface area contributed by atoms with Gasteiger partial charge in [0.25, 0.3) is 5.91 Å². The van der Waals surface area contributed by atoms with E-state index in [1.165, 1.54) is 18.2 Å². The van der Waals surface area contributed by atoms with Crippen molar-refractivity contribution in [1.82, 2.24) is 10.3 Å². The number of sulfone groups is 1. The summed E-state index contributed by atoms with van der Waals surface area (Å²) in [5.41, 5.74) is -0.699. The van der Waals surface area contributed by atoms with Crippen LogP contribution in [0.4, 0.5) is 19.0 Å². The molecule has 0 saturated carbocycles. The molecule has 2 aromatic rings. The molecule has 1 N–H and O–H groups in total. The van der Waals surface area contributed by atoms with Gasteiger partial charge in [-0.15, -0.1) is 0 Å². The Morgan fingerprint density at radius 1 is 1.14 bits per heavy atom. The third-order valence-electron chi connectivity index (χ3n) is 4.76. The number of anilines is 1. The summed E-state index contributed by atoms with van der Waals surface area (Å²) in [6, 6.07) is 8.18. The fourth-order valence-corrected chi connectivity index (χ4v) is 4.12. The second-order valence-corrected chi connectivity index (χ2v) is 8.89. The summed E-state index contributed by atoms with van der Waals surface area (Å²) in [4.78, 5) is 18.3. The molecule has 1 aromatic heterocycles. The van der Waals surface area contributed by atoms with Gasteiger partial charge in [-0.1, -0.05) is 12.1 Å². The first-order chi connectivity index (χ1) is 13.6. The number of carbonyl (C=O) groups excluding carboxylic acids is 1. The van der Waals surface area contributed by atoms with E-state index in [1.54, 1.807) is 12.1 Å². The van der Waals surface area contributed by atoms with Crippen molar-refractivity contribution < 1.29 is 26.4 Å². The molecule has 3 rings (SSSR count). The predicted molar refractivity (Wildman–Crippen MR) is 101 cm³/mol. The first kappa shape index (κ1) is 21.1. The van der Waals surface area contributed by atoms with Gasteiger partial charge in [-0.25, -0.2) is 13.4 Å². The lowest BCUT2D eigenvalue weighted by molar-refractivity contribution is -0.137. The first-order valence-electron chi connectivity index (χ1n) is 8.94. The topological polar surface area (TPSA) is 79.4 Å². The van der Waals surface area contributed by atoms with Gasteiger partial charge in [0.15, 0.2) is 9.84 Å². The number of benzene rings is 1. The molecule has 0 spiro atoms.